The van der Waals surface area contributed by atoms with E-state index in [0.717, 1.165) is 11.6 Å². The molecule has 1 saturated heterocycles. The predicted octanol–water partition coefficient (Wildman–Crippen LogP) is 4.63. The summed E-state index contributed by atoms with van der Waals surface area (Å²) in [5.41, 5.74) is 0.336. The largest absolute Gasteiger partial charge is 0.487 e. The van der Waals surface area contributed by atoms with E-state index in [1.54, 1.807) is 18.2 Å². The minimum Gasteiger partial charge on any atom is -0.487 e. The van der Waals surface area contributed by atoms with Gasteiger partial charge < -0.3 is 4.74 Å². The number of carbonyl (C=O) groups excluding carboxylic acids is 3. The molecule has 0 aliphatic carbocycles. The van der Waals surface area contributed by atoms with E-state index in [-0.39, 0.29) is 34.4 Å². The summed E-state index contributed by atoms with van der Waals surface area (Å²) < 4.78 is 18.7. The maximum Gasteiger partial charge on any atom is 0.335 e. The number of rotatable bonds is 6. The molecule has 3 aromatic rings. The SMILES string of the molecule is O=C1NC(=O)N(c2cccc([N+](=O)[O-])c2)C(=O)C1=Cc1ccc(OCc2ccc(F)cc2)c(Cl)c1. The predicted molar refractivity (Wildman–Crippen MR) is 124 cm³/mol. The minimum atomic E-state index is -1.03. The number of ether oxygens (including phenoxy) is 1. The van der Waals surface area contributed by atoms with E-state index in [1.165, 1.54) is 48.5 Å². The summed E-state index contributed by atoms with van der Waals surface area (Å²) in [6.07, 6.45) is 1.24. The number of amides is 4. The van der Waals surface area contributed by atoms with Gasteiger partial charge in [0.2, 0.25) is 0 Å². The number of nitro groups is 1. The number of carbonyl (C=O) groups is 3. The first kappa shape index (κ1) is 23.6. The normalized spacial score (nSPS) is 14.7. The van der Waals surface area contributed by atoms with Crippen LogP contribution >= 0.6 is 11.6 Å². The molecule has 1 fully saturated rings. The highest BCUT2D eigenvalue weighted by molar-refractivity contribution is 6.39. The molecule has 1 heterocycles. The smallest absolute Gasteiger partial charge is 0.335 e. The summed E-state index contributed by atoms with van der Waals surface area (Å²) in [5, 5.41) is 13.3. The highest BCUT2D eigenvalue weighted by atomic mass is 35.5. The second-order valence-electron chi connectivity index (χ2n) is 7.34. The molecule has 0 aromatic heterocycles. The molecule has 1 N–H and O–H groups in total. The van der Waals surface area contributed by atoms with Crippen LogP contribution in [-0.4, -0.2) is 22.8 Å². The molecule has 3 aromatic carbocycles. The van der Waals surface area contributed by atoms with Gasteiger partial charge in [-0.05, 0) is 47.5 Å². The van der Waals surface area contributed by atoms with Gasteiger partial charge in [0.25, 0.3) is 17.5 Å². The van der Waals surface area contributed by atoms with Crippen LogP contribution in [0.25, 0.3) is 6.08 Å². The Morgan fingerprint density at radius 2 is 1.80 bits per heavy atom. The lowest BCUT2D eigenvalue weighted by Gasteiger charge is -2.26. The van der Waals surface area contributed by atoms with Gasteiger partial charge in [0.1, 0.15) is 23.7 Å². The zero-order valence-corrected chi connectivity index (χ0v) is 18.5. The van der Waals surface area contributed by atoms with Crippen LogP contribution in [0.15, 0.2) is 72.3 Å². The van der Waals surface area contributed by atoms with Crippen molar-refractivity contribution in [2.45, 2.75) is 6.61 Å². The molecule has 11 heteroatoms. The lowest BCUT2D eigenvalue weighted by Crippen LogP contribution is -2.54. The number of urea groups is 1. The molecule has 0 radical (unpaired) electrons. The maximum atomic E-state index is 13.0. The van der Waals surface area contributed by atoms with Crippen LogP contribution < -0.4 is 15.0 Å². The third kappa shape index (κ3) is 5.17. The van der Waals surface area contributed by atoms with Crippen LogP contribution in [0.2, 0.25) is 5.02 Å². The van der Waals surface area contributed by atoms with Crippen LogP contribution in [-0.2, 0) is 16.2 Å². The van der Waals surface area contributed by atoms with E-state index in [9.17, 15) is 28.9 Å². The molecule has 1 aliphatic heterocycles. The number of barbiturate groups is 1. The molecule has 9 nitrogen and oxygen atoms in total. The topological polar surface area (TPSA) is 119 Å². The van der Waals surface area contributed by atoms with Crippen molar-refractivity contribution in [2.24, 2.45) is 0 Å². The Hall–Kier alpha value is -4.57. The molecule has 4 rings (SSSR count). The van der Waals surface area contributed by atoms with Crippen molar-refractivity contribution < 1.29 is 28.4 Å². The van der Waals surface area contributed by atoms with Crippen LogP contribution in [0.3, 0.4) is 0 Å². The molecular formula is C24H15ClFN3O6. The number of nitrogens with one attached hydrogen (secondary N) is 1. The molecule has 0 saturated carbocycles. The first-order valence-electron chi connectivity index (χ1n) is 10.1. The van der Waals surface area contributed by atoms with Crippen molar-refractivity contribution in [3.8, 4) is 5.75 Å². The Labute approximate surface area is 202 Å². The highest BCUT2D eigenvalue weighted by Gasteiger charge is 2.37. The molecule has 35 heavy (non-hydrogen) atoms. The number of hydrogen-bond acceptors (Lipinski definition) is 6. The van der Waals surface area contributed by atoms with E-state index in [1.807, 2.05) is 0 Å². The lowest BCUT2D eigenvalue weighted by molar-refractivity contribution is -0.384. The fourth-order valence-electron chi connectivity index (χ4n) is 3.27. The van der Waals surface area contributed by atoms with Gasteiger partial charge in [-0.15, -0.1) is 0 Å². The van der Waals surface area contributed by atoms with Crippen molar-refractivity contribution in [3.63, 3.8) is 0 Å². The number of nitrogens with zero attached hydrogens (tertiary/aromatic N) is 2. The summed E-state index contributed by atoms with van der Waals surface area (Å²) in [6, 6.07) is 14.2. The molecular weight excluding hydrogens is 481 g/mol. The zero-order valence-electron chi connectivity index (χ0n) is 17.7. The van der Waals surface area contributed by atoms with Crippen molar-refractivity contribution in [1.82, 2.24) is 5.32 Å². The summed E-state index contributed by atoms with van der Waals surface area (Å²) >= 11 is 6.28. The minimum absolute atomic E-state index is 0.0670. The molecule has 176 valence electrons. The lowest BCUT2D eigenvalue weighted by atomic mass is 10.1. The quantitative estimate of drug-likeness (QED) is 0.230. The number of benzene rings is 3. The van der Waals surface area contributed by atoms with Crippen molar-refractivity contribution in [3.05, 3.63) is 104 Å². The van der Waals surface area contributed by atoms with Crippen LogP contribution in [0.5, 0.6) is 5.75 Å². The Kier molecular flexibility index (Phi) is 6.56. The first-order valence-corrected chi connectivity index (χ1v) is 10.4. The van der Waals surface area contributed by atoms with E-state index in [2.05, 4.69) is 5.32 Å². The second kappa shape index (κ2) is 9.74. The number of anilines is 1. The van der Waals surface area contributed by atoms with Gasteiger partial charge in [-0.25, -0.2) is 14.1 Å². The number of imide groups is 2. The summed E-state index contributed by atoms with van der Waals surface area (Å²) in [5.74, 6) is -1.91. The average molecular weight is 496 g/mol. The fraction of sp³-hybridized carbons (Fsp3) is 0.0417. The Bertz CT molecular complexity index is 1390. The summed E-state index contributed by atoms with van der Waals surface area (Å²) in [6.45, 7) is 0.140. The number of nitro benzene ring substituents is 1. The Morgan fingerprint density at radius 3 is 2.49 bits per heavy atom. The third-order valence-electron chi connectivity index (χ3n) is 4.97. The molecule has 0 unspecified atom stereocenters. The fourth-order valence-corrected chi connectivity index (χ4v) is 3.51. The molecule has 4 amide bonds. The van der Waals surface area contributed by atoms with Crippen LogP contribution in [0.1, 0.15) is 11.1 Å². The van der Waals surface area contributed by atoms with Gasteiger partial charge in [0.15, 0.2) is 0 Å². The molecule has 1 aliphatic rings. The average Bonchev–Trinajstić information content (AvgIpc) is 2.82. The first-order chi connectivity index (χ1) is 16.7. The van der Waals surface area contributed by atoms with E-state index >= 15 is 0 Å². The van der Waals surface area contributed by atoms with Gasteiger partial charge in [-0.1, -0.05) is 35.9 Å². The summed E-state index contributed by atoms with van der Waals surface area (Å²) in [7, 11) is 0. The molecule has 0 bridgehead atoms. The van der Waals surface area contributed by atoms with Gasteiger partial charge in [0, 0.05) is 12.1 Å². The van der Waals surface area contributed by atoms with Gasteiger partial charge >= 0.3 is 6.03 Å². The van der Waals surface area contributed by atoms with Gasteiger partial charge in [-0.3, -0.25) is 25.0 Å². The van der Waals surface area contributed by atoms with Crippen molar-refractivity contribution >= 4 is 46.9 Å². The summed E-state index contributed by atoms with van der Waals surface area (Å²) in [4.78, 5) is 48.7. The monoisotopic (exact) mass is 495 g/mol. The van der Waals surface area contributed by atoms with Crippen molar-refractivity contribution in [2.75, 3.05) is 4.90 Å². The van der Waals surface area contributed by atoms with Gasteiger partial charge in [-0.2, -0.15) is 0 Å². The molecule has 0 atom stereocenters. The maximum absolute atomic E-state index is 13.0. The Balaban J connectivity index is 1.57. The zero-order chi connectivity index (χ0) is 25.1. The number of non-ortho nitro benzene ring substituents is 1. The van der Waals surface area contributed by atoms with Gasteiger partial charge in [0.05, 0.1) is 15.6 Å². The van der Waals surface area contributed by atoms with Crippen molar-refractivity contribution in [1.29, 1.82) is 0 Å². The third-order valence-corrected chi connectivity index (χ3v) is 5.27. The second-order valence-corrected chi connectivity index (χ2v) is 7.75. The standard InChI is InChI=1S/C24H15ClFN3O6/c25-20-11-15(6-9-21(20)35-13-14-4-7-16(26)8-5-14)10-19-22(30)27-24(32)28(23(19)31)17-2-1-3-18(12-17)29(33)34/h1-12H,13H2,(H,27,30,32). The van der Waals surface area contributed by atoms with E-state index in [4.69, 9.17) is 16.3 Å². The van der Waals surface area contributed by atoms with Crippen LogP contribution in [0, 0.1) is 15.9 Å². The molecule has 0 spiro atoms. The highest BCUT2D eigenvalue weighted by Crippen LogP contribution is 2.29. The van der Waals surface area contributed by atoms with E-state index in [0.29, 0.717) is 16.2 Å². The number of hydrogen-bond donors (Lipinski definition) is 1. The van der Waals surface area contributed by atoms with E-state index < -0.39 is 22.8 Å². The van der Waals surface area contributed by atoms with Crippen LogP contribution in [0.4, 0.5) is 20.6 Å². The Morgan fingerprint density at radius 1 is 1.06 bits per heavy atom. The number of halogens is 2.